The Morgan fingerprint density at radius 3 is 0.731 bits per heavy atom. The van der Waals surface area contributed by atoms with Crippen molar-refractivity contribution in [3.63, 3.8) is 0 Å². The van der Waals surface area contributed by atoms with E-state index in [0.29, 0.717) is 25.7 Å². The van der Waals surface area contributed by atoms with Gasteiger partial charge in [0.1, 0.15) is 19.3 Å². The van der Waals surface area contributed by atoms with Crippen LogP contribution in [0.25, 0.3) is 0 Å². The highest BCUT2D eigenvalue weighted by atomic mass is 31.2. The van der Waals surface area contributed by atoms with Crippen molar-refractivity contribution in [2.24, 2.45) is 17.8 Å². The monoisotopic (exact) mass is 1370 g/mol. The van der Waals surface area contributed by atoms with Gasteiger partial charge in [0, 0.05) is 25.7 Å². The van der Waals surface area contributed by atoms with Crippen LogP contribution >= 0.6 is 15.6 Å². The number of phosphoric acid groups is 2. The second kappa shape index (κ2) is 64.7. The van der Waals surface area contributed by atoms with Crippen LogP contribution in [0.1, 0.15) is 376 Å². The third-order valence-corrected chi connectivity index (χ3v) is 19.0. The van der Waals surface area contributed by atoms with E-state index < -0.39 is 97.5 Å². The molecule has 0 aliphatic heterocycles. The van der Waals surface area contributed by atoms with Crippen LogP contribution in [0.15, 0.2) is 0 Å². The number of hydrogen-bond donors (Lipinski definition) is 3. The van der Waals surface area contributed by atoms with Crippen molar-refractivity contribution < 1.29 is 80.2 Å². The maximum atomic E-state index is 13.1. The minimum atomic E-state index is -4.96. The summed E-state index contributed by atoms with van der Waals surface area (Å²) in [7, 11) is -9.91. The molecule has 93 heavy (non-hydrogen) atoms. The van der Waals surface area contributed by atoms with Crippen LogP contribution in [0.2, 0.25) is 0 Å². The number of ether oxygens (including phenoxy) is 4. The van der Waals surface area contributed by atoms with Crippen LogP contribution < -0.4 is 0 Å². The van der Waals surface area contributed by atoms with Gasteiger partial charge in [-0.15, -0.1) is 0 Å². The molecule has 0 aliphatic carbocycles. The highest BCUT2D eigenvalue weighted by molar-refractivity contribution is 7.47. The first-order valence-corrected chi connectivity index (χ1v) is 41.3. The quantitative estimate of drug-likeness (QED) is 0.0222. The third-order valence-electron chi connectivity index (χ3n) is 17.1. The lowest BCUT2D eigenvalue weighted by atomic mass is 10.0. The average Bonchev–Trinajstić information content (AvgIpc) is 1.42. The number of aliphatic hydroxyl groups is 1. The number of esters is 4. The fraction of sp³-hybridized carbons (Fsp3) is 0.946. The van der Waals surface area contributed by atoms with Crippen molar-refractivity contribution in [3.8, 4) is 0 Å². The summed E-state index contributed by atoms with van der Waals surface area (Å²) in [6.07, 6.45) is 50.0. The molecule has 0 spiro atoms. The van der Waals surface area contributed by atoms with Gasteiger partial charge in [0.25, 0.3) is 0 Å². The van der Waals surface area contributed by atoms with Gasteiger partial charge in [-0.2, -0.15) is 0 Å². The van der Waals surface area contributed by atoms with Gasteiger partial charge in [-0.1, -0.05) is 325 Å². The lowest BCUT2D eigenvalue weighted by Gasteiger charge is -2.21. The summed E-state index contributed by atoms with van der Waals surface area (Å²) in [6, 6.07) is 0. The van der Waals surface area contributed by atoms with Gasteiger partial charge in [-0.25, -0.2) is 9.13 Å². The van der Waals surface area contributed by atoms with Crippen LogP contribution in [0, 0.1) is 17.8 Å². The Bertz CT molecular complexity index is 1820. The number of carbonyl (C=O) groups is 4. The van der Waals surface area contributed by atoms with Crippen molar-refractivity contribution in [1.82, 2.24) is 0 Å². The first-order chi connectivity index (χ1) is 44.7. The van der Waals surface area contributed by atoms with Gasteiger partial charge < -0.3 is 33.8 Å². The summed E-state index contributed by atoms with van der Waals surface area (Å²) in [5.41, 5.74) is 0. The van der Waals surface area contributed by atoms with Gasteiger partial charge >= 0.3 is 39.5 Å². The number of aliphatic hydroxyl groups excluding tert-OH is 1. The second-order valence-corrected chi connectivity index (χ2v) is 31.0. The molecule has 0 saturated carbocycles. The summed E-state index contributed by atoms with van der Waals surface area (Å²) in [6.45, 7) is 11.8. The molecule has 2 unspecified atom stereocenters. The fourth-order valence-electron chi connectivity index (χ4n) is 11.2. The van der Waals surface area contributed by atoms with E-state index in [1.165, 1.54) is 186 Å². The molecule has 0 fully saturated rings. The predicted octanol–water partition coefficient (Wildman–Crippen LogP) is 21.4. The van der Waals surface area contributed by atoms with Gasteiger partial charge in [0.2, 0.25) is 0 Å². The second-order valence-electron chi connectivity index (χ2n) is 28.1. The minimum Gasteiger partial charge on any atom is -0.462 e. The number of hydrogen-bond acceptors (Lipinski definition) is 15. The molecule has 0 aromatic heterocycles. The smallest absolute Gasteiger partial charge is 0.462 e. The first kappa shape index (κ1) is 91.1. The summed E-state index contributed by atoms with van der Waals surface area (Å²) in [5, 5.41) is 10.6. The molecule has 5 atom stereocenters. The minimum absolute atomic E-state index is 0.105. The number of rotatable bonds is 72. The molecule has 19 heteroatoms. The standard InChI is InChI=1S/C74H144O17P2/c1-8-9-10-11-12-13-14-15-16-17-18-19-20-21-26-36-43-50-57-73(78)90-69(61-84-71(76)55-48-41-34-27-22-24-31-38-45-52-65(2)3)63-88-92(80,81)86-59-68(75)60-87-93(82,83)89-64-70(62-85-72(77)56-49-42-35-30-29-33-40-47-54-67(6)7)91-74(79)58-51-44-37-28-23-25-32-39-46-53-66(4)5/h65-70,75H,8-64H2,1-7H3,(H,80,81)(H,82,83)/t68-,69-,70-/m1/s1. The topological polar surface area (TPSA) is 237 Å². The Labute approximate surface area is 568 Å². The van der Waals surface area contributed by atoms with Crippen LogP contribution in [-0.4, -0.2) is 96.7 Å². The number of phosphoric ester groups is 2. The molecule has 0 aromatic carbocycles. The van der Waals surface area contributed by atoms with E-state index in [1.807, 2.05) is 0 Å². The summed E-state index contributed by atoms with van der Waals surface area (Å²) < 4.78 is 68.4. The molecular weight excluding hydrogens is 1220 g/mol. The molecule has 3 N–H and O–H groups in total. The summed E-state index contributed by atoms with van der Waals surface area (Å²) in [4.78, 5) is 72.7. The molecule has 0 aliphatic rings. The Morgan fingerprint density at radius 1 is 0.290 bits per heavy atom. The zero-order valence-electron chi connectivity index (χ0n) is 60.7. The number of unbranched alkanes of at least 4 members (excludes halogenated alkanes) is 40. The SMILES string of the molecule is CCCCCCCCCCCCCCCCCCCCC(=O)O[C@H](COC(=O)CCCCCCCCCCCC(C)C)COP(=O)(O)OC[C@@H](O)COP(=O)(O)OC[C@@H](COC(=O)CCCCCCCCCCC(C)C)OC(=O)CCCCCCCCCCCC(C)C. The van der Waals surface area contributed by atoms with Crippen molar-refractivity contribution in [2.45, 2.75) is 394 Å². The molecule has 0 aromatic rings. The van der Waals surface area contributed by atoms with E-state index in [9.17, 15) is 43.2 Å². The Balaban J connectivity index is 5.24. The summed E-state index contributed by atoms with van der Waals surface area (Å²) >= 11 is 0. The molecular formula is C74H144O17P2. The first-order valence-electron chi connectivity index (χ1n) is 38.3. The Kier molecular flexibility index (Phi) is 63.4. The molecule has 0 rings (SSSR count). The molecule has 17 nitrogen and oxygen atoms in total. The van der Waals surface area contributed by atoms with Gasteiger partial charge in [-0.05, 0) is 43.4 Å². The highest BCUT2D eigenvalue weighted by Crippen LogP contribution is 2.45. The van der Waals surface area contributed by atoms with Crippen molar-refractivity contribution in [1.29, 1.82) is 0 Å². The zero-order valence-corrected chi connectivity index (χ0v) is 62.5. The lowest BCUT2D eigenvalue weighted by molar-refractivity contribution is -0.161. The molecule has 0 heterocycles. The normalized spacial score (nSPS) is 14.1. The van der Waals surface area contributed by atoms with E-state index in [2.05, 4.69) is 48.5 Å². The van der Waals surface area contributed by atoms with Crippen LogP contribution in [0.5, 0.6) is 0 Å². The third kappa shape index (κ3) is 68.4. The average molecular weight is 1370 g/mol. The molecule has 0 radical (unpaired) electrons. The van der Waals surface area contributed by atoms with E-state index in [4.69, 9.17) is 37.0 Å². The van der Waals surface area contributed by atoms with Crippen molar-refractivity contribution >= 4 is 39.5 Å². The van der Waals surface area contributed by atoms with Crippen molar-refractivity contribution in [3.05, 3.63) is 0 Å². The predicted molar refractivity (Wildman–Crippen MR) is 377 cm³/mol. The fourth-order valence-corrected chi connectivity index (χ4v) is 12.8. The highest BCUT2D eigenvalue weighted by Gasteiger charge is 2.30. The maximum absolute atomic E-state index is 13.1. The van der Waals surface area contributed by atoms with E-state index in [1.54, 1.807) is 0 Å². The lowest BCUT2D eigenvalue weighted by Crippen LogP contribution is -2.30. The van der Waals surface area contributed by atoms with E-state index in [-0.39, 0.29) is 25.7 Å². The van der Waals surface area contributed by atoms with Crippen molar-refractivity contribution in [2.75, 3.05) is 39.6 Å². The van der Waals surface area contributed by atoms with Gasteiger partial charge in [0.15, 0.2) is 12.2 Å². The van der Waals surface area contributed by atoms with E-state index >= 15 is 0 Å². The largest absolute Gasteiger partial charge is 0.472 e. The Hall–Kier alpha value is -1.94. The molecule has 0 bridgehead atoms. The number of carbonyl (C=O) groups excluding carboxylic acids is 4. The van der Waals surface area contributed by atoms with Crippen LogP contribution in [0.3, 0.4) is 0 Å². The summed E-state index contributed by atoms with van der Waals surface area (Å²) in [5.74, 6) is 0.0845. The molecule has 0 saturated heterocycles. The zero-order chi connectivity index (χ0) is 68.7. The van der Waals surface area contributed by atoms with Gasteiger partial charge in [-0.3, -0.25) is 37.3 Å². The van der Waals surface area contributed by atoms with Gasteiger partial charge in [0.05, 0.1) is 26.4 Å². The molecule has 0 amide bonds. The molecule has 552 valence electrons. The maximum Gasteiger partial charge on any atom is 0.472 e. The Morgan fingerprint density at radius 2 is 0.495 bits per heavy atom. The van der Waals surface area contributed by atoms with E-state index in [0.717, 1.165) is 108 Å². The van der Waals surface area contributed by atoms with Crippen LogP contribution in [0.4, 0.5) is 0 Å². The van der Waals surface area contributed by atoms with Crippen LogP contribution in [-0.2, 0) is 65.4 Å².